The zero-order chi connectivity index (χ0) is 22.5. The Kier molecular flexibility index (Phi) is 6.29. The highest BCUT2D eigenvalue weighted by Gasteiger charge is 2.59. The second kappa shape index (κ2) is 8.54. The van der Waals surface area contributed by atoms with Crippen LogP contribution in [0.3, 0.4) is 0 Å². The average molecular weight is 427 g/mol. The van der Waals surface area contributed by atoms with Crippen molar-refractivity contribution < 1.29 is 14.6 Å². The Bertz CT molecular complexity index is 790. The Labute approximate surface area is 189 Å². The van der Waals surface area contributed by atoms with Gasteiger partial charge in [-0.1, -0.05) is 64.5 Å². The van der Waals surface area contributed by atoms with Gasteiger partial charge in [-0.15, -0.1) is 0 Å². The van der Waals surface area contributed by atoms with Gasteiger partial charge in [0.15, 0.2) is 0 Å². The fraction of sp³-hybridized carbons (Fsp3) is 0.750. The van der Waals surface area contributed by atoms with E-state index in [1.807, 2.05) is 6.08 Å². The molecule has 9 atom stereocenters. The number of carbonyl (C=O) groups is 1. The lowest BCUT2D eigenvalue weighted by atomic mass is 9.52. The van der Waals surface area contributed by atoms with Crippen LogP contribution in [0.5, 0.6) is 0 Å². The predicted molar refractivity (Wildman–Crippen MR) is 125 cm³/mol. The molecule has 6 unspecified atom stereocenters. The molecule has 1 aliphatic heterocycles. The van der Waals surface area contributed by atoms with Crippen molar-refractivity contribution in [2.45, 2.75) is 85.9 Å². The third kappa shape index (κ3) is 3.96. The fourth-order valence-electron chi connectivity index (χ4n) is 7.56. The lowest BCUT2D eigenvalue weighted by Gasteiger charge is -2.54. The molecule has 1 N–H and O–H groups in total. The Morgan fingerprint density at radius 1 is 1.19 bits per heavy atom. The van der Waals surface area contributed by atoms with Crippen molar-refractivity contribution in [1.29, 1.82) is 0 Å². The number of hydrogen-bond acceptors (Lipinski definition) is 3. The molecule has 4 aliphatic rings. The van der Waals surface area contributed by atoms with Crippen LogP contribution in [0.1, 0.15) is 73.6 Å². The number of ether oxygens (including phenoxy) is 1. The number of esters is 1. The molecular weight excluding hydrogens is 384 g/mol. The summed E-state index contributed by atoms with van der Waals surface area (Å²) in [6.07, 6.45) is 13.0. The highest BCUT2D eigenvalue weighted by atomic mass is 16.5. The molecule has 2 fully saturated rings. The third-order valence-electron chi connectivity index (χ3n) is 9.57. The van der Waals surface area contributed by atoms with E-state index in [2.05, 4.69) is 59.8 Å². The number of carbonyl (C=O) groups excluding carboxylic acids is 1. The quantitative estimate of drug-likeness (QED) is 0.437. The van der Waals surface area contributed by atoms with Crippen LogP contribution in [0.25, 0.3) is 0 Å². The van der Waals surface area contributed by atoms with Gasteiger partial charge in [-0.3, -0.25) is 4.79 Å². The molecule has 0 aromatic rings. The highest BCUT2D eigenvalue weighted by Crippen LogP contribution is 2.64. The molecule has 0 saturated heterocycles. The smallest absolute Gasteiger partial charge is 0.310 e. The van der Waals surface area contributed by atoms with E-state index in [0.717, 1.165) is 18.4 Å². The molecule has 0 aromatic carbocycles. The standard InChI is InChI=1S/C28H42O3/c1-16(2)17(3)10-11-18(4)22-12-13-23-21-14-25-20(8-7-9-26(30)31-25)19(5)27(21)24(29)15-28(22,23)6/h7-8,10-11,16-18,21-25,27,29H,9,12-15H2,1-6H3/b11-10+/t17?,18?,21-,22?,23?,24?,25+,27?,28+/m0/s1. The average Bonchev–Trinajstić information content (AvgIpc) is 2.92. The zero-order valence-corrected chi connectivity index (χ0v) is 20.3. The summed E-state index contributed by atoms with van der Waals surface area (Å²) in [4.78, 5) is 12.1. The third-order valence-corrected chi connectivity index (χ3v) is 9.57. The summed E-state index contributed by atoms with van der Waals surface area (Å²) in [5.74, 6) is 3.45. The van der Waals surface area contributed by atoms with Gasteiger partial charge in [-0.2, -0.15) is 0 Å². The minimum Gasteiger partial charge on any atom is -0.457 e. The van der Waals surface area contributed by atoms with Crippen LogP contribution >= 0.6 is 0 Å². The largest absolute Gasteiger partial charge is 0.457 e. The minimum atomic E-state index is -0.307. The maximum Gasteiger partial charge on any atom is 0.310 e. The van der Waals surface area contributed by atoms with Crippen LogP contribution < -0.4 is 0 Å². The van der Waals surface area contributed by atoms with Gasteiger partial charge in [0.25, 0.3) is 0 Å². The van der Waals surface area contributed by atoms with Crippen LogP contribution in [0.2, 0.25) is 0 Å². The first-order valence-electron chi connectivity index (χ1n) is 12.6. The predicted octanol–water partition coefficient (Wildman–Crippen LogP) is 6.09. The first kappa shape index (κ1) is 22.8. The van der Waals surface area contributed by atoms with Crippen LogP contribution in [0.15, 0.2) is 35.5 Å². The molecule has 172 valence electrons. The number of fused-ring (bicyclic) bond motifs is 4. The number of rotatable bonds is 4. The summed E-state index contributed by atoms with van der Waals surface area (Å²) in [5.41, 5.74) is 2.54. The van der Waals surface area contributed by atoms with Gasteiger partial charge in [0.2, 0.25) is 0 Å². The van der Waals surface area contributed by atoms with E-state index >= 15 is 0 Å². The molecule has 3 nitrogen and oxygen atoms in total. The zero-order valence-electron chi connectivity index (χ0n) is 20.3. The van der Waals surface area contributed by atoms with E-state index in [-0.39, 0.29) is 29.5 Å². The number of aliphatic hydroxyl groups is 1. The van der Waals surface area contributed by atoms with Crippen LogP contribution in [-0.2, 0) is 9.53 Å². The molecular formula is C28H42O3. The van der Waals surface area contributed by atoms with Crippen molar-refractivity contribution in [3.8, 4) is 0 Å². The van der Waals surface area contributed by atoms with Crippen LogP contribution in [-0.4, -0.2) is 23.3 Å². The van der Waals surface area contributed by atoms with E-state index in [1.165, 1.54) is 18.4 Å². The fourth-order valence-corrected chi connectivity index (χ4v) is 7.56. The molecule has 3 heteroatoms. The molecule has 0 spiro atoms. The molecule has 31 heavy (non-hydrogen) atoms. The van der Waals surface area contributed by atoms with Gasteiger partial charge < -0.3 is 9.84 Å². The lowest BCUT2D eigenvalue weighted by Crippen LogP contribution is -2.52. The van der Waals surface area contributed by atoms with E-state index in [4.69, 9.17) is 4.74 Å². The molecule has 3 aliphatic carbocycles. The summed E-state index contributed by atoms with van der Waals surface area (Å²) < 4.78 is 5.86. The second-order valence-corrected chi connectivity index (χ2v) is 11.6. The van der Waals surface area contributed by atoms with Gasteiger partial charge in [0.1, 0.15) is 6.10 Å². The van der Waals surface area contributed by atoms with E-state index in [9.17, 15) is 9.90 Å². The van der Waals surface area contributed by atoms with Gasteiger partial charge >= 0.3 is 5.97 Å². The number of allylic oxidation sites excluding steroid dienone is 2. The Morgan fingerprint density at radius 3 is 2.65 bits per heavy atom. The SMILES string of the molecule is CC1=C2C=CCC(=O)O[C@@H]2C[C@@H]2C1C(O)C[C@]1(C)C(C(C)/C=C/C(C)C(C)C)CCC21. The molecule has 0 bridgehead atoms. The normalized spacial score (nSPS) is 42.1. The summed E-state index contributed by atoms with van der Waals surface area (Å²) in [6.45, 7) is 13.9. The van der Waals surface area contributed by atoms with Crippen molar-refractivity contribution in [1.82, 2.24) is 0 Å². The van der Waals surface area contributed by atoms with E-state index < -0.39 is 0 Å². The molecule has 4 rings (SSSR count). The lowest BCUT2D eigenvalue weighted by molar-refractivity contribution is -0.149. The molecule has 0 aromatic heterocycles. The maximum atomic E-state index is 12.1. The number of hydrogen-bond donors (Lipinski definition) is 1. The summed E-state index contributed by atoms with van der Waals surface area (Å²) in [7, 11) is 0. The highest BCUT2D eigenvalue weighted by molar-refractivity contribution is 5.73. The van der Waals surface area contributed by atoms with Crippen LogP contribution in [0.4, 0.5) is 0 Å². The minimum absolute atomic E-state index is 0.121. The monoisotopic (exact) mass is 426 g/mol. The molecule has 0 amide bonds. The molecule has 0 radical (unpaired) electrons. The van der Waals surface area contributed by atoms with Crippen molar-refractivity contribution in [3.05, 3.63) is 35.5 Å². The van der Waals surface area contributed by atoms with E-state index in [1.54, 1.807) is 0 Å². The van der Waals surface area contributed by atoms with Gasteiger partial charge in [-0.05, 0) is 79.1 Å². The van der Waals surface area contributed by atoms with Crippen molar-refractivity contribution >= 4 is 5.97 Å². The summed E-state index contributed by atoms with van der Waals surface area (Å²) >= 11 is 0. The molecule has 2 saturated carbocycles. The second-order valence-electron chi connectivity index (χ2n) is 11.6. The van der Waals surface area contributed by atoms with Crippen molar-refractivity contribution in [2.75, 3.05) is 0 Å². The first-order valence-corrected chi connectivity index (χ1v) is 12.6. The van der Waals surface area contributed by atoms with Gasteiger partial charge in [0.05, 0.1) is 12.5 Å². The topological polar surface area (TPSA) is 46.5 Å². The maximum absolute atomic E-state index is 12.1. The Balaban J connectivity index is 1.60. The van der Waals surface area contributed by atoms with Gasteiger partial charge in [0, 0.05) is 5.92 Å². The first-order chi connectivity index (χ1) is 14.6. The Hall–Kier alpha value is -1.35. The summed E-state index contributed by atoms with van der Waals surface area (Å²) in [6, 6.07) is 0. The molecule has 1 heterocycles. The van der Waals surface area contributed by atoms with Gasteiger partial charge in [-0.25, -0.2) is 0 Å². The van der Waals surface area contributed by atoms with E-state index in [0.29, 0.717) is 41.9 Å². The van der Waals surface area contributed by atoms with Crippen LogP contribution in [0, 0.1) is 46.8 Å². The Morgan fingerprint density at radius 2 is 1.94 bits per heavy atom. The van der Waals surface area contributed by atoms with Crippen molar-refractivity contribution in [3.63, 3.8) is 0 Å². The van der Waals surface area contributed by atoms with Crippen molar-refractivity contribution in [2.24, 2.45) is 46.8 Å². The summed E-state index contributed by atoms with van der Waals surface area (Å²) in [5, 5.41) is 11.4. The number of aliphatic hydroxyl groups excluding tert-OH is 1.